The van der Waals surface area contributed by atoms with Crippen molar-refractivity contribution in [1.82, 2.24) is 14.9 Å². The first-order chi connectivity index (χ1) is 15.4. The van der Waals surface area contributed by atoms with Crippen molar-refractivity contribution in [2.45, 2.75) is 37.3 Å². The first-order valence-corrected chi connectivity index (χ1v) is 12.3. The highest BCUT2D eigenvalue weighted by Gasteiger charge is 2.30. The van der Waals surface area contributed by atoms with E-state index in [1.54, 1.807) is 18.9 Å². The average Bonchev–Trinajstić information content (AvgIpc) is 3.24. The molecule has 0 saturated carbocycles. The van der Waals surface area contributed by atoms with Crippen molar-refractivity contribution < 1.29 is 9.13 Å². The van der Waals surface area contributed by atoms with Crippen LogP contribution in [0.3, 0.4) is 0 Å². The minimum Gasteiger partial charge on any atom is -0.495 e. The van der Waals surface area contributed by atoms with Crippen molar-refractivity contribution >= 4 is 23.4 Å². The van der Waals surface area contributed by atoms with Gasteiger partial charge in [-0.1, -0.05) is 43.3 Å². The van der Waals surface area contributed by atoms with Crippen LogP contribution in [0.25, 0.3) is 5.69 Å². The van der Waals surface area contributed by atoms with E-state index in [1.165, 1.54) is 25.0 Å². The molecule has 2 heterocycles. The highest BCUT2D eigenvalue weighted by Crippen LogP contribution is 2.39. The predicted octanol–water partition coefficient (Wildman–Crippen LogP) is 6.09. The average molecular weight is 474 g/mol. The summed E-state index contributed by atoms with van der Waals surface area (Å²) in [5.74, 6) is 2.09. The third-order valence-corrected chi connectivity index (χ3v) is 7.73. The fourth-order valence-electron chi connectivity index (χ4n) is 4.15. The van der Waals surface area contributed by atoms with Crippen LogP contribution < -0.4 is 10.1 Å². The molecule has 0 amide bonds. The van der Waals surface area contributed by atoms with Crippen LogP contribution in [0.15, 0.2) is 53.8 Å². The Labute approximate surface area is 198 Å². The molecular formula is C25H29ClFN3OS. The summed E-state index contributed by atoms with van der Waals surface area (Å²) in [6.45, 7) is 6.48. The lowest BCUT2D eigenvalue weighted by molar-refractivity contribution is 0.407. The second-order valence-electron chi connectivity index (χ2n) is 8.72. The van der Waals surface area contributed by atoms with Gasteiger partial charge in [0.15, 0.2) is 5.16 Å². The number of benzene rings is 2. The highest BCUT2D eigenvalue weighted by atomic mass is 35.5. The quantitative estimate of drug-likeness (QED) is 0.421. The van der Waals surface area contributed by atoms with E-state index in [0.717, 1.165) is 40.9 Å². The lowest BCUT2D eigenvalue weighted by Crippen LogP contribution is -2.28. The van der Waals surface area contributed by atoms with E-state index in [9.17, 15) is 4.39 Å². The van der Waals surface area contributed by atoms with E-state index in [0.29, 0.717) is 16.7 Å². The Bertz CT molecular complexity index is 1060. The topological polar surface area (TPSA) is 39.1 Å². The maximum Gasteiger partial charge on any atom is 0.172 e. The van der Waals surface area contributed by atoms with E-state index in [4.69, 9.17) is 21.3 Å². The number of halogens is 2. The molecule has 7 heteroatoms. The maximum absolute atomic E-state index is 13.7. The molecule has 1 aromatic heterocycles. The summed E-state index contributed by atoms with van der Waals surface area (Å²) in [5, 5.41) is 4.94. The molecule has 2 aromatic carbocycles. The number of piperidine rings is 1. The molecule has 170 valence electrons. The molecular weight excluding hydrogens is 445 g/mol. The number of nitrogens with one attached hydrogen (secondary N) is 1. The van der Waals surface area contributed by atoms with Gasteiger partial charge in [0, 0.05) is 16.9 Å². The van der Waals surface area contributed by atoms with Crippen LogP contribution in [-0.2, 0) is 5.41 Å². The first kappa shape index (κ1) is 23.1. The summed E-state index contributed by atoms with van der Waals surface area (Å²) in [5.41, 5.74) is 2.62. The smallest absolute Gasteiger partial charge is 0.172 e. The van der Waals surface area contributed by atoms with Gasteiger partial charge >= 0.3 is 0 Å². The second kappa shape index (κ2) is 9.86. The van der Waals surface area contributed by atoms with Crippen LogP contribution in [0.2, 0.25) is 5.02 Å². The van der Waals surface area contributed by atoms with Crippen molar-refractivity contribution in [3.05, 3.63) is 70.8 Å². The summed E-state index contributed by atoms with van der Waals surface area (Å²) in [4.78, 5) is 4.81. The number of thioether (sulfide) groups is 1. The van der Waals surface area contributed by atoms with Crippen molar-refractivity contribution in [3.63, 3.8) is 0 Å². The maximum atomic E-state index is 13.7. The van der Waals surface area contributed by atoms with Crippen molar-refractivity contribution in [2.75, 3.05) is 26.0 Å². The standard InChI is InChI=1S/C25H29ClFN3OS/c1-25(2,18-4-9-21(26)22(14-18)31-3)23-15-29-24(32-16-17-10-12-28-13-11-17)30(23)20-7-5-19(27)6-8-20/h4-9,14-15,17,28H,10-13,16H2,1-3H3. The van der Waals surface area contributed by atoms with Gasteiger partial charge in [-0.05, 0) is 73.8 Å². The molecule has 0 spiro atoms. The number of hydrogen-bond acceptors (Lipinski definition) is 4. The molecule has 0 aliphatic carbocycles. The zero-order chi connectivity index (χ0) is 22.7. The van der Waals surface area contributed by atoms with Gasteiger partial charge in [-0.2, -0.15) is 0 Å². The normalized spacial score (nSPS) is 15.2. The van der Waals surface area contributed by atoms with Crippen molar-refractivity contribution in [2.24, 2.45) is 5.92 Å². The van der Waals surface area contributed by atoms with Gasteiger partial charge in [-0.15, -0.1) is 0 Å². The van der Waals surface area contributed by atoms with E-state index in [1.807, 2.05) is 36.5 Å². The fourth-order valence-corrected chi connectivity index (χ4v) is 5.53. The lowest BCUT2D eigenvalue weighted by Gasteiger charge is -2.28. The monoisotopic (exact) mass is 473 g/mol. The van der Waals surface area contributed by atoms with Crippen LogP contribution in [0.5, 0.6) is 5.75 Å². The number of aromatic nitrogens is 2. The van der Waals surface area contributed by atoms with Crippen LogP contribution in [0.1, 0.15) is 37.9 Å². The molecule has 1 N–H and O–H groups in total. The van der Waals surface area contributed by atoms with Gasteiger partial charge in [0.05, 0.1) is 24.0 Å². The zero-order valence-corrected chi connectivity index (χ0v) is 20.3. The van der Waals surface area contributed by atoms with Crippen molar-refractivity contribution in [3.8, 4) is 11.4 Å². The Hall–Kier alpha value is -2.02. The molecule has 0 atom stereocenters. The number of nitrogens with zero attached hydrogens (tertiary/aromatic N) is 2. The minimum absolute atomic E-state index is 0.249. The van der Waals surface area contributed by atoms with E-state index in [-0.39, 0.29) is 11.2 Å². The number of ether oxygens (including phenoxy) is 1. The number of methoxy groups -OCH3 is 1. The molecule has 1 aliphatic heterocycles. The van der Waals surface area contributed by atoms with Gasteiger partial charge in [-0.3, -0.25) is 4.57 Å². The first-order valence-electron chi connectivity index (χ1n) is 10.9. The largest absolute Gasteiger partial charge is 0.495 e. The Morgan fingerprint density at radius 1 is 1.19 bits per heavy atom. The SMILES string of the molecule is COc1cc(C(C)(C)c2cnc(SCC3CCNCC3)n2-c2ccc(F)cc2)ccc1Cl. The molecule has 0 unspecified atom stereocenters. The van der Waals surface area contributed by atoms with Gasteiger partial charge in [0.1, 0.15) is 11.6 Å². The molecule has 1 saturated heterocycles. The molecule has 4 nitrogen and oxygen atoms in total. The highest BCUT2D eigenvalue weighted by molar-refractivity contribution is 7.99. The molecule has 4 rings (SSSR count). The van der Waals surface area contributed by atoms with E-state index >= 15 is 0 Å². The zero-order valence-electron chi connectivity index (χ0n) is 18.7. The molecule has 3 aromatic rings. The number of hydrogen-bond donors (Lipinski definition) is 1. The molecule has 1 aliphatic rings. The summed E-state index contributed by atoms with van der Waals surface area (Å²) in [7, 11) is 1.62. The van der Waals surface area contributed by atoms with Gasteiger partial charge in [-0.25, -0.2) is 9.37 Å². The van der Waals surface area contributed by atoms with Crippen molar-refractivity contribution in [1.29, 1.82) is 0 Å². The van der Waals surface area contributed by atoms with Crippen LogP contribution in [-0.4, -0.2) is 35.5 Å². The third-order valence-electron chi connectivity index (χ3n) is 6.23. The number of imidazole rings is 1. The summed E-state index contributed by atoms with van der Waals surface area (Å²) >= 11 is 8.05. The van der Waals surface area contributed by atoms with Crippen LogP contribution in [0, 0.1) is 11.7 Å². The van der Waals surface area contributed by atoms with E-state index in [2.05, 4.69) is 23.7 Å². The Morgan fingerprint density at radius 3 is 2.59 bits per heavy atom. The van der Waals surface area contributed by atoms with Crippen LogP contribution in [0.4, 0.5) is 4.39 Å². The van der Waals surface area contributed by atoms with Gasteiger partial charge in [0.2, 0.25) is 0 Å². The fraction of sp³-hybridized carbons (Fsp3) is 0.400. The Kier molecular flexibility index (Phi) is 7.13. The Balaban J connectivity index is 1.73. The molecule has 32 heavy (non-hydrogen) atoms. The summed E-state index contributed by atoms with van der Waals surface area (Å²) < 4.78 is 21.3. The molecule has 1 fully saturated rings. The van der Waals surface area contributed by atoms with E-state index < -0.39 is 0 Å². The predicted molar refractivity (Wildman–Crippen MR) is 130 cm³/mol. The van der Waals surface area contributed by atoms with Gasteiger partial charge < -0.3 is 10.1 Å². The Morgan fingerprint density at radius 2 is 1.91 bits per heavy atom. The summed E-state index contributed by atoms with van der Waals surface area (Å²) in [6, 6.07) is 12.5. The third kappa shape index (κ3) is 4.82. The number of rotatable bonds is 7. The lowest BCUT2D eigenvalue weighted by atomic mass is 9.81. The molecule has 0 bridgehead atoms. The minimum atomic E-state index is -0.382. The van der Waals surface area contributed by atoms with Crippen LogP contribution >= 0.6 is 23.4 Å². The molecule has 0 radical (unpaired) electrons. The summed E-state index contributed by atoms with van der Waals surface area (Å²) in [6.07, 6.45) is 4.32. The van der Waals surface area contributed by atoms with Gasteiger partial charge in [0.25, 0.3) is 0 Å². The second-order valence-corrected chi connectivity index (χ2v) is 10.1.